The van der Waals surface area contributed by atoms with Crippen molar-refractivity contribution in [3.05, 3.63) is 24.3 Å². The topological polar surface area (TPSA) is 87.3 Å². The van der Waals surface area contributed by atoms with E-state index in [1.54, 1.807) is 12.1 Å². The largest absolute Gasteiger partial charge is 0.325 e. The number of amides is 1. The van der Waals surface area contributed by atoms with E-state index >= 15 is 0 Å². The van der Waals surface area contributed by atoms with Crippen molar-refractivity contribution in [1.29, 1.82) is 0 Å². The average Bonchev–Trinajstić information content (AvgIpc) is 2.93. The van der Waals surface area contributed by atoms with E-state index in [1.165, 1.54) is 19.2 Å². The van der Waals surface area contributed by atoms with E-state index in [2.05, 4.69) is 15.4 Å². The Morgan fingerprint density at radius 1 is 1.40 bits per heavy atom. The predicted molar refractivity (Wildman–Crippen MR) is 79.6 cm³/mol. The highest BCUT2D eigenvalue weighted by atomic mass is 35.5. The summed E-state index contributed by atoms with van der Waals surface area (Å²) in [5.41, 5.74) is 0.482. The molecule has 1 aromatic carbocycles. The van der Waals surface area contributed by atoms with Gasteiger partial charge >= 0.3 is 0 Å². The summed E-state index contributed by atoms with van der Waals surface area (Å²) in [6.07, 6.45) is 1.78. The van der Waals surface area contributed by atoms with E-state index in [4.69, 9.17) is 0 Å². The molecule has 20 heavy (non-hydrogen) atoms. The lowest BCUT2D eigenvalue weighted by Crippen LogP contribution is -2.35. The number of hydrogen-bond donors (Lipinski definition) is 3. The molecule has 1 amide bonds. The highest BCUT2D eigenvalue weighted by Crippen LogP contribution is 2.16. The fourth-order valence-corrected chi connectivity index (χ4v) is 2.77. The van der Waals surface area contributed by atoms with Crippen molar-refractivity contribution in [3.8, 4) is 0 Å². The van der Waals surface area contributed by atoms with E-state index < -0.39 is 10.0 Å². The average molecular weight is 320 g/mol. The summed E-state index contributed by atoms with van der Waals surface area (Å²) in [6.45, 7) is 0.840. The van der Waals surface area contributed by atoms with Gasteiger partial charge in [0.05, 0.1) is 10.9 Å². The molecule has 1 heterocycles. The summed E-state index contributed by atoms with van der Waals surface area (Å²) in [5.74, 6) is -0.128. The molecule has 0 aliphatic carbocycles. The molecule has 2 rings (SSSR count). The van der Waals surface area contributed by atoms with Crippen LogP contribution in [0.15, 0.2) is 29.2 Å². The van der Waals surface area contributed by atoms with Crippen LogP contribution < -0.4 is 15.4 Å². The third-order valence-electron chi connectivity index (χ3n) is 3.06. The second-order valence-electron chi connectivity index (χ2n) is 4.37. The van der Waals surface area contributed by atoms with Gasteiger partial charge < -0.3 is 10.6 Å². The van der Waals surface area contributed by atoms with Crippen LogP contribution in [0.1, 0.15) is 12.8 Å². The summed E-state index contributed by atoms with van der Waals surface area (Å²) in [6, 6.07) is 6.00. The second kappa shape index (κ2) is 7.03. The first kappa shape index (κ1) is 16.9. The van der Waals surface area contributed by atoms with Crippen molar-refractivity contribution in [1.82, 2.24) is 10.0 Å². The molecule has 6 nitrogen and oxygen atoms in total. The van der Waals surface area contributed by atoms with Gasteiger partial charge in [-0.15, -0.1) is 12.4 Å². The van der Waals surface area contributed by atoms with Crippen molar-refractivity contribution < 1.29 is 13.2 Å². The first-order valence-corrected chi connectivity index (χ1v) is 7.59. The van der Waals surface area contributed by atoms with Crippen molar-refractivity contribution in [2.45, 2.75) is 23.8 Å². The normalized spacial score (nSPS) is 18.4. The van der Waals surface area contributed by atoms with E-state index in [0.29, 0.717) is 5.69 Å². The van der Waals surface area contributed by atoms with Gasteiger partial charge in [0.2, 0.25) is 15.9 Å². The van der Waals surface area contributed by atoms with Gasteiger partial charge in [0, 0.05) is 5.69 Å². The maximum absolute atomic E-state index is 11.9. The summed E-state index contributed by atoms with van der Waals surface area (Å²) in [7, 11) is -2.14. The van der Waals surface area contributed by atoms with Gasteiger partial charge in [0.25, 0.3) is 0 Å². The fourth-order valence-electron chi connectivity index (χ4n) is 2.00. The zero-order valence-corrected chi connectivity index (χ0v) is 12.7. The highest BCUT2D eigenvalue weighted by Gasteiger charge is 2.22. The number of carbonyl (C=O) groups excluding carboxylic acids is 1. The first-order valence-electron chi connectivity index (χ1n) is 6.11. The van der Waals surface area contributed by atoms with Crippen LogP contribution in [0.5, 0.6) is 0 Å². The second-order valence-corrected chi connectivity index (χ2v) is 6.26. The van der Waals surface area contributed by atoms with Crippen molar-refractivity contribution in [3.63, 3.8) is 0 Å². The molecule has 1 atom stereocenters. The molecule has 0 unspecified atom stereocenters. The molecule has 3 N–H and O–H groups in total. The molecule has 0 bridgehead atoms. The van der Waals surface area contributed by atoms with E-state index in [0.717, 1.165) is 19.4 Å². The van der Waals surface area contributed by atoms with Gasteiger partial charge in [-0.2, -0.15) is 0 Å². The molecule has 8 heteroatoms. The lowest BCUT2D eigenvalue weighted by atomic mass is 10.2. The lowest BCUT2D eigenvalue weighted by Gasteiger charge is -2.12. The Morgan fingerprint density at radius 3 is 2.75 bits per heavy atom. The summed E-state index contributed by atoms with van der Waals surface area (Å²) >= 11 is 0. The van der Waals surface area contributed by atoms with Gasteiger partial charge in [-0.05, 0) is 44.6 Å². The molecule has 1 fully saturated rings. The minimum atomic E-state index is -3.49. The molecule has 0 saturated carbocycles. The van der Waals surface area contributed by atoms with Gasteiger partial charge in [-0.1, -0.05) is 6.07 Å². The minimum absolute atomic E-state index is 0. The van der Waals surface area contributed by atoms with Crippen LogP contribution in [0.4, 0.5) is 5.69 Å². The number of nitrogens with one attached hydrogen (secondary N) is 3. The molecule has 1 saturated heterocycles. The van der Waals surface area contributed by atoms with E-state index in [9.17, 15) is 13.2 Å². The van der Waals surface area contributed by atoms with Crippen LogP contribution in [-0.4, -0.2) is 34.0 Å². The number of carbonyl (C=O) groups is 1. The molecular weight excluding hydrogens is 302 g/mol. The Labute approximate surface area is 124 Å². The maximum atomic E-state index is 11.9. The molecule has 1 aliphatic rings. The Bertz CT molecular complexity index is 571. The number of benzene rings is 1. The van der Waals surface area contributed by atoms with Crippen LogP contribution in [0.3, 0.4) is 0 Å². The van der Waals surface area contributed by atoms with Crippen molar-refractivity contribution in [2.75, 3.05) is 18.9 Å². The van der Waals surface area contributed by atoms with Crippen molar-refractivity contribution in [2.24, 2.45) is 0 Å². The third kappa shape index (κ3) is 3.92. The third-order valence-corrected chi connectivity index (χ3v) is 4.47. The van der Waals surface area contributed by atoms with Crippen LogP contribution >= 0.6 is 12.4 Å². The predicted octanol–water partition coefficient (Wildman–Crippen LogP) is 0.707. The smallest absolute Gasteiger partial charge is 0.241 e. The molecule has 1 aromatic rings. The molecule has 0 aromatic heterocycles. The SMILES string of the molecule is CNS(=O)(=O)c1cccc(NC(=O)[C@@H]2CCCN2)c1.Cl. The van der Waals surface area contributed by atoms with Crippen LogP contribution in [0.25, 0.3) is 0 Å². The van der Waals surface area contributed by atoms with Gasteiger partial charge in [-0.3, -0.25) is 4.79 Å². The standard InChI is InChI=1S/C12H17N3O3S.ClH/c1-13-19(17,18)10-5-2-4-9(8-10)15-12(16)11-6-3-7-14-11;/h2,4-5,8,11,13-14H,3,6-7H2,1H3,(H,15,16);1H/t11-;/m0./s1. The number of anilines is 1. The van der Waals surface area contributed by atoms with Gasteiger partial charge in [0.15, 0.2) is 0 Å². The minimum Gasteiger partial charge on any atom is -0.325 e. The molecular formula is C12H18ClN3O3S. The zero-order chi connectivity index (χ0) is 13.9. The Balaban J connectivity index is 0.00000200. The zero-order valence-electron chi connectivity index (χ0n) is 11.0. The summed E-state index contributed by atoms with van der Waals surface area (Å²) < 4.78 is 25.6. The van der Waals surface area contributed by atoms with E-state index in [-0.39, 0.29) is 29.3 Å². The van der Waals surface area contributed by atoms with E-state index in [1.807, 2.05) is 0 Å². The lowest BCUT2D eigenvalue weighted by molar-refractivity contribution is -0.117. The number of halogens is 1. The molecule has 0 spiro atoms. The van der Waals surface area contributed by atoms with Gasteiger partial charge in [-0.25, -0.2) is 13.1 Å². The number of sulfonamides is 1. The quantitative estimate of drug-likeness (QED) is 0.762. The number of hydrogen-bond acceptors (Lipinski definition) is 4. The molecule has 112 valence electrons. The van der Waals surface area contributed by atoms with Gasteiger partial charge in [0.1, 0.15) is 0 Å². The fraction of sp³-hybridized carbons (Fsp3) is 0.417. The van der Waals surface area contributed by atoms with Crippen LogP contribution in [0.2, 0.25) is 0 Å². The van der Waals surface area contributed by atoms with Crippen molar-refractivity contribution >= 4 is 34.0 Å². The monoisotopic (exact) mass is 319 g/mol. The van der Waals surface area contributed by atoms with Crippen LogP contribution in [-0.2, 0) is 14.8 Å². The summed E-state index contributed by atoms with van der Waals surface area (Å²) in [4.78, 5) is 12.0. The molecule has 1 aliphatic heterocycles. The summed E-state index contributed by atoms with van der Waals surface area (Å²) in [5, 5.41) is 5.82. The Hall–Kier alpha value is -1.15. The number of rotatable bonds is 4. The Morgan fingerprint density at radius 2 is 2.15 bits per heavy atom. The first-order chi connectivity index (χ1) is 9.03. The highest BCUT2D eigenvalue weighted by molar-refractivity contribution is 7.89. The van der Waals surface area contributed by atoms with Crippen LogP contribution in [0, 0.1) is 0 Å². The molecule has 0 radical (unpaired) electrons. The Kier molecular flexibility index (Phi) is 5.94. The maximum Gasteiger partial charge on any atom is 0.241 e.